The summed E-state index contributed by atoms with van der Waals surface area (Å²) in [5.74, 6) is -0.839. The Hall–Kier alpha value is -1.39. The van der Waals surface area contributed by atoms with Crippen molar-refractivity contribution in [2.24, 2.45) is 0 Å². The van der Waals surface area contributed by atoms with Gasteiger partial charge in [0, 0.05) is 18.1 Å². The molecule has 0 fully saturated rings. The molecule has 0 atom stereocenters. The quantitative estimate of drug-likeness (QED) is 0.824. The van der Waals surface area contributed by atoms with Crippen molar-refractivity contribution in [1.29, 1.82) is 0 Å². The second-order valence-electron chi connectivity index (χ2n) is 4.18. The van der Waals surface area contributed by atoms with Crippen LogP contribution in [0.5, 0.6) is 0 Å². The number of aliphatic carboxylic acids is 1. The van der Waals surface area contributed by atoms with Gasteiger partial charge in [-0.2, -0.15) is 0 Å². The molecule has 1 aromatic rings. The molecule has 0 heterocycles. The fraction of sp³-hybridized carbons (Fsp3) is 0.385. The third-order valence-electron chi connectivity index (χ3n) is 2.41. The first-order valence-electron chi connectivity index (χ1n) is 5.65. The number of rotatable bonds is 7. The van der Waals surface area contributed by atoms with E-state index in [2.05, 4.69) is 0 Å². The topological polar surface area (TPSA) is 57.6 Å². The van der Waals surface area contributed by atoms with Gasteiger partial charge in [-0.15, -0.1) is 0 Å². The van der Waals surface area contributed by atoms with Crippen LogP contribution < -0.4 is 0 Å². The van der Waals surface area contributed by atoms with Crippen LogP contribution in [0.25, 0.3) is 0 Å². The van der Waals surface area contributed by atoms with Crippen LogP contribution in [0.3, 0.4) is 0 Å². The number of hydrogen-bond donors (Lipinski definition) is 1. The third-order valence-corrected chi connectivity index (χ3v) is 2.66. The summed E-state index contributed by atoms with van der Waals surface area (Å²) in [6, 6.07) is 7.30. The molecule has 1 rings (SSSR count). The van der Waals surface area contributed by atoms with Gasteiger partial charge in [0.15, 0.2) is 0 Å². The molecule has 18 heavy (non-hydrogen) atoms. The van der Waals surface area contributed by atoms with Gasteiger partial charge in [0.05, 0.1) is 13.0 Å². The minimum atomic E-state index is -0.861. The Kier molecular flexibility index (Phi) is 5.82. The third kappa shape index (κ3) is 5.80. The summed E-state index contributed by atoms with van der Waals surface area (Å²) in [6.45, 7) is 2.66. The Morgan fingerprint density at radius 2 is 1.89 bits per heavy atom. The smallest absolute Gasteiger partial charge is 0.304 e. The molecule has 0 aromatic heterocycles. The van der Waals surface area contributed by atoms with E-state index in [9.17, 15) is 9.59 Å². The normalized spacial score (nSPS) is 10.6. The van der Waals surface area contributed by atoms with Gasteiger partial charge < -0.3 is 5.11 Å². The van der Waals surface area contributed by atoms with E-state index < -0.39 is 5.97 Å². The van der Waals surface area contributed by atoms with E-state index in [1.54, 1.807) is 12.1 Å². The second kappa shape index (κ2) is 7.13. The minimum Gasteiger partial charge on any atom is -0.481 e. The average Bonchev–Trinajstić information content (AvgIpc) is 2.28. The average molecular weight is 270 g/mol. The molecule has 0 saturated carbocycles. The van der Waals surface area contributed by atoms with Crippen LogP contribution in [0.2, 0.25) is 5.02 Å². The highest BCUT2D eigenvalue weighted by Crippen LogP contribution is 2.11. The molecule has 1 aromatic carbocycles. The highest BCUT2D eigenvalue weighted by atomic mass is 35.5. The maximum absolute atomic E-state index is 11.1. The van der Waals surface area contributed by atoms with Gasteiger partial charge in [-0.05, 0) is 24.6 Å². The molecule has 5 heteroatoms. The van der Waals surface area contributed by atoms with Gasteiger partial charge in [0.25, 0.3) is 0 Å². The number of carbonyl (C=O) groups is 2. The first-order valence-corrected chi connectivity index (χ1v) is 6.03. The zero-order valence-electron chi connectivity index (χ0n) is 10.2. The van der Waals surface area contributed by atoms with Gasteiger partial charge in [-0.1, -0.05) is 23.7 Å². The fourth-order valence-corrected chi connectivity index (χ4v) is 1.76. The maximum Gasteiger partial charge on any atom is 0.304 e. The number of Topliss-reactive ketones (excluding diaryl/α,β-unsaturated/α-hetero) is 1. The molecule has 1 N–H and O–H groups in total. The van der Waals surface area contributed by atoms with E-state index in [0.717, 1.165) is 5.56 Å². The first-order chi connectivity index (χ1) is 8.47. The Labute approximate surface area is 111 Å². The van der Waals surface area contributed by atoms with E-state index in [0.29, 0.717) is 18.1 Å². The van der Waals surface area contributed by atoms with Gasteiger partial charge >= 0.3 is 5.97 Å². The lowest BCUT2D eigenvalue weighted by atomic mass is 10.2. The largest absolute Gasteiger partial charge is 0.481 e. The van der Waals surface area contributed by atoms with Crippen molar-refractivity contribution in [2.75, 3.05) is 13.1 Å². The molecule has 4 nitrogen and oxygen atoms in total. The number of nitrogens with zero attached hydrogens (tertiary/aromatic N) is 1. The Bertz CT molecular complexity index is 417. The molecule has 0 saturated heterocycles. The summed E-state index contributed by atoms with van der Waals surface area (Å²) in [7, 11) is 0. The molecule has 98 valence electrons. The zero-order valence-corrected chi connectivity index (χ0v) is 11.0. The van der Waals surface area contributed by atoms with Gasteiger partial charge in [0.1, 0.15) is 5.78 Å². The number of ketones is 1. The standard InChI is InChI=1S/C13H16ClNO3/c1-10(16)8-15(7-6-13(17)18)9-11-2-4-12(14)5-3-11/h2-5H,6-9H2,1H3,(H,17,18). The number of hydrogen-bond acceptors (Lipinski definition) is 3. The number of halogens is 1. The van der Waals surface area contributed by atoms with E-state index in [4.69, 9.17) is 16.7 Å². The summed E-state index contributed by atoms with van der Waals surface area (Å²) in [5.41, 5.74) is 1.01. The zero-order chi connectivity index (χ0) is 13.5. The number of carboxylic acid groups (broad SMARTS) is 1. The summed E-state index contributed by atoms with van der Waals surface area (Å²) in [4.78, 5) is 23.5. The Balaban J connectivity index is 2.61. The summed E-state index contributed by atoms with van der Waals surface area (Å²) in [5, 5.41) is 9.32. The van der Waals surface area contributed by atoms with Crippen LogP contribution in [0, 0.1) is 0 Å². The highest BCUT2D eigenvalue weighted by molar-refractivity contribution is 6.30. The van der Waals surface area contributed by atoms with E-state index in [1.165, 1.54) is 6.92 Å². The monoisotopic (exact) mass is 269 g/mol. The van der Waals surface area contributed by atoms with E-state index in [-0.39, 0.29) is 18.7 Å². The molecular formula is C13H16ClNO3. The summed E-state index contributed by atoms with van der Waals surface area (Å²) < 4.78 is 0. The number of carboxylic acids is 1. The molecule has 0 aliphatic carbocycles. The van der Waals surface area contributed by atoms with Crippen molar-refractivity contribution in [2.45, 2.75) is 19.9 Å². The van der Waals surface area contributed by atoms with Crippen LogP contribution in [0.4, 0.5) is 0 Å². The lowest BCUT2D eigenvalue weighted by Gasteiger charge is -2.20. The van der Waals surface area contributed by atoms with Crippen molar-refractivity contribution in [3.63, 3.8) is 0 Å². The predicted octanol–water partition coefficient (Wildman–Crippen LogP) is 2.21. The Morgan fingerprint density at radius 3 is 2.39 bits per heavy atom. The van der Waals surface area contributed by atoms with E-state index in [1.807, 2.05) is 17.0 Å². The molecule has 0 aliphatic rings. The summed E-state index contributed by atoms with van der Waals surface area (Å²) >= 11 is 5.79. The molecule has 0 aliphatic heterocycles. The van der Waals surface area contributed by atoms with Gasteiger partial charge in [-0.3, -0.25) is 14.5 Å². The number of benzene rings is 1. The SMILES string of the molecule is CC(=O)CN(CCC(=O)O)Cc1ccc(Cl)cc1. The molecular weight excluding hydrogens is 254 g/mol. The van der Waals surface area contributed by atoms with Crippen LogP contribution in [-0.2, 0) is 16.1 Å². The first kappa shape index (κ1) is 14.7. The highest BCUT2D eigenvalue weighted by Gasteiger charge is 2.10. The van der Waals surface area contributed by atoms with Crippen molar-refractivity contribution in [3.8, 4) is 0 Å². The lowest BCUT2D eigenvalue weighted by molar-refractivity contribution is -0.137. The molecule has 0 bridgehead atoms. The van der Waals surface area contributed by atoms with Crippen LogP contribution in [0.15, 0.2) is 24.3 Å². The summed E-state index contributed by atoms with van der Waals surface area (Å²) in [6.07, 6.45) is 0.0286. The predicted molar refractivity (Wildman–Crippen MR) is 69.7 cm³/mol. The van der Waals surface area contributed by atoms with Crippen molar-refractivity contribution < 1.29 is 14.7 Å². The maximum atomic E-state index is 11.1. The molecule has 0 radical (unpaired) electrons. The minimum absolute atomic E-state index is 0.0225. The van der Waals surface area contributed by atoms with Gasteiger partial charge in [0.2, 0.25) is 0 Å². The fourth-order valence-electron chi connectivity index (χ4n) is 1.63. The Morgan fingerprint density at radius 1 is 1.28 bits per heavy atom. The van der Waals surface area contributed by atoms with Crippen LogP contribution in [-0.4, -0.2) is 34.8 Å². The van der Waals surface area contributed by atoms with Crippen molar-refractivity contribution >= 4 is 23.4 Å². The molecule has 0 unspecified atom stereocenters. The number of carbonyl (C=O) groups excluding carboxylic acids is 1. The lowest BCUT2D eigenvalue weighted by Crippen LogP contribution is -2.30. The molecule has 0 spiro atoms. The van der Waals surface area contributed by atoms with Crippen molar-refractivity contribution in [3.05, 3.63) is 34.9 Å². The van der Waals surface area contributed by atoms with E-state index >= 15 is 0 Å². The second-order valence-corrected chi connectivity index (χ2v) is 4.62. The van der Waals surface area contributed by atoms with Crippen LogP contribution in [0.1, 0.15) is 18.9 Å². The molecule has 0 amide bonds. The van der Waals surface area contributed by atoms with Crippen LogP contribution >= 0.6 is 11.6 Å². The van der Waals surface area contributed by atoms with Crippen molar-refractivity contribution in [1.82, 2.24) is 4.90 Å². The van der Waals surface area contributed by atoms with Gasteiger partial charge in [-0.25, -0.2) is 0 Å².